The summed E-state index contributed by atoms with van der Waals surface area (Å²) in [5, 5.41) is 48.3. The van der Waals surface area contributed by atoms with Gasteiger partial charge in [0.25, 0.3) is 0 Å². The molecule has 2 unspecified atom stereocenters. The van der Waals surface area contributed by atoms with Crippen LogP contribution in [0.15, 0.2) is 63.5 Å². The quantitative estimate of drug-likeness (QED) is 0.0191. The maximum Gasteiger partial charge on any atom is 0.326 e. The van der Waals surface area contributed by atoms with Gasteiger partial charge in [0, 0.05) is 45.2 Å². The molecule has 0 radical (unpaired) electrons. The first-order valence-corrected chi connectivity index (χ1v) is 33.2. The van der Waals surface area contributed by atoms with Crippen molar-refractivity contribution in [1.29, 1.82) is 0 Å². The number of benzene rings is 2. The number of rotatable bonds is 31. The van der Waals surface area contributed by atoms with Crippen LogP contribution in [0.3, 0.4) is 0 Å². The van der Waals surface area contributed by atoms with Crippen molar-refractivity contribution in [3.63, 3.8) is 0 Å². The molecule has 0 bridgehead atoms. The van der Waals surface area contributed by atoms with Crippen molar-refractivity contribution in [3.8, 4) is 0 Å². The van der Waals surface area contributed by atoms with Gasteiger partial charge in [0.15, 0.2) is 17.9 Å². The number of guanidine groups is 3. The highest BCUT2D eigenvalue weighted by atomic mass is 16.4. The predicted octanol–water partition coefficient (Wildman–Crippen LogP) is -4.97. The zero-order valence-electron chi connectivity index (χ0n) is 54.0. The second-order valence-corrected chi connectivity index (χ2v) is 26.0. The van der Waals surface area contributed by atoms with Gasteiger partial charge in [-0.1, -0.05) is 61.4 Å². The lowest BCUT2D eigenvalue weighted by atomic mass is 9.84. The van der Waals surface area contributed by atoms with Gasteiger partial charge in [0.2, 0.25) is 53.2 Å². The number of carbonyl (C=O) groups is 10. The molecule has 1 saturated carbocycles. The van der Waals surface area contributed by atoms with Crippen LogP contribution in [-0.4, -0.2) is 219 Å². The number of aliphatic hydroxyl groups excluding tert-OH is 2. The van der Waals surface area contributed by atoms with E-state index in [9.17, 15) is 58.5 Å². The lowest BCUT2D eigenvalue weighted by Crippen LogP contribution is -2.62. The fourth-order valence-electron chi connectivity index (χ4n) is 14.5. The molecule has 8 rings (SSSR count). The van der Waals surface area contributed by atoms with Crippen LogP contribution >= 0.6 is 0 Å². The summed E-state index contributed by atoms with van der Waals surface area (Å²) in [7, 11) is 0. The Morgan fingerprint density at radius 2 is 1.09 bits per heavy atom. The van der Waals surface area contributed by atoms with E-state index in [0.29, 0.717) is 44.9 Å². The molecule has 32 nitrogen and oxygen atoms in total. The maximum absolute atomic E-state index is 15.5. The summed E-state index contributed by atoms with van der Waals surface area (Å²) in [5.41, 5.74) is 42.7. The molecular weight excluding hydrogens is 1240 g/mol. The minimum Gasteiger partial charge on any atom is -0.480 e. The molecular formula is C64H95N19O13. The van der Waals surface area contributed by atoms with E-state index in [0.717, 1.165) is 46.4 Å². The molecule has 3 saturated heterocycles. The third-order valence-electron chi connectivity index (χ3n) is 19.3. The van der Waals surface area contributed by atoms with Gasteiger partial charge in [0.1, 0.15) is 48.3 Å². The number of fused-ring (bicyclic) bond motifs is 3. The Balaban J connectivity index is 0.950. The Morgan fingerprint density at radius 3 is 1.66 bits per heavy atom. The smallest absolute Gasteiger partial charge is 0.326 e. The second-order valence-electron chi connectivity index (χ2n) is 26.0. The van der Waals surface area contributed by atoms with Gasteiger partial charge in [-0.3, -0.25) is 58.1 Å². The fourth-order valence-corrected chi connectivity index (χ4v) is 14.5. The molecule has 0 aromatic heterocycles. The van der Waals surface area contributed by atoms with Crippen molar-refractivity contribution in [2.75, 3.05) is 45.9 Å². The number of carboxylic acids is 1. The van der Waals surface area contributed by atoms with Crippen LogP contribution in [0, 0.1) is 17.8 Å². The molecule has 524 valence electrons. The molecule has 9 amide bonds. The molecule has 96 heavy (non-hydrogen) atoms. The minimum atomic E-state index is -1.68. The van der Waals surface area contributed by atoms with Crippen molar-refractivity contribution in [2.45, 2.75) is 182 Å². The highest BCUT2D eigenvalue weighted by molar-refractivity contribution is 5.99. The normalized spacial score (nSPS) is 22.3. The monoisotopic (exact) mass is 1340 g/mol. The average molecular weight is 1340 g/mol. The first kappa shape index (κ1) is 72.7. The van der Waals surface area contributed by atoms with Crippen molar-refractivity contribution in [2.24, 2.45) is 72.9 Å². The number of likely N-dealkylation sites (tertiary alicyclic amines) is 3. The van der Waals surface area contributed by atoms with Crippen molar-refractivity contribution < 1.29 is 63.3 Å². The van der Waals surface area contributed by atoms with Crippen molar-refractivity contribution in [3.05, 3.63) is 70.8 Å². The van der Waals surface area contributed by atoms with Crippen molar-refractivity contribution in [1.82, 2.24) is 46.6 Å². The van der Waals surface area contributed by atoms with Gasteiger partial charge in [-0.2, -0.15) is 0 Å². The summed E-state index contributed by atoms with van der Waals surface area (Å²) >= 11 is 0. The SMILES string of the molecule is NC(N)=NCCC[C@@H](N)C(=O)N[C@@H](CCCN=C(N)N)C(=O)N1CCC[C@H]1C(=O)N1C[C@H](O)C[C@H]1C(=O)NCC(=O)N[C@H](C(=O)N[C@@H](CO)C(=O)N[C@@H](C(=O)N1C2CCCCC2C[C@H]1C(=O)N[C@@H](CCCN=C(N)N)C(=O)O)C1Cc2ccccc2C1)C1Cc2ccccc2C1. The summed E-state index contributed by atoms with van der Waals surface area (Å²) in [4.78, 5) is 158. The van der Waals surface area contributed by atoms with Crippen LogP contribution in [0.5, 0.6) is 0 Å². The number of nitrogens with one attached hydrogen (secondary N) is 6. The number of aliphatic hydroxyl groups is 2. The first-order valence-electron chi connectivity index (χ1n) is 33.2. The summed E-state index contributed by atoms with van der Waals surface area (Å²) < 4.78 is 0. The average Bonchev–Trinajstić information content (AvgIpc) is 1.61. The zero-order chi connectivity index (χ0) is 69.3. The van der Waals surface area contributed by atoms with Gasteiger partial charge in [-0.15, -0.1) is 0 Å². The minimum absolute atomic E-state index is 0.00231. The van der Waals surface area contributed by atoms with E-state index in [1.807, 2.05) is 48.5 Å². The molecule has 12 atom stereocenters. The topological polar surface area (TPSA) is 533 Å². The lowest BCUT2D eigenvalue weighted by Gasteiger charge is -2.38. The third kappa shape index (κ3) is 18.9. The van der Waals surface area contributed by atoms with Gasteiger partial charge < -0.3 is 102 Å². The Bertz CT molecular complexity index is 3200. The summed E-state index contributed by atoms with van der Waals surface area (Å²) in [5.74, 6) is -9.52. The van der Waals surface area contributed by atoms with Gasteiger partial charge in [0.05, 0.1) is 25.3 Å². The highest BCUT2D eigenvalue weighted by Gasteiger charge is 2.52. The number of aliphatic carboxylic acids is 1. The van der Waals surface area contributed by atoms with Crippen LogP contribution in [0.2, 0.25) is 0 Å². The summed E-state index contributed by atoms with van der Waals surface area (Å²) in [6.45, 7) is -1.34. The zero-order valence-corrected chi connectivity index (χ0v) is 54.0. The fraction of sp³-hybridized carbons (Fsp3) is 0.609. The van der Waals surface area contributed by atoms with Gasteiger partial charge >= 0.3 is 5.97 Å². The molecule has 2 aromatic rings. The van der Waals surface area contributed by atoms with Crippen LogP contribution < -0.4 is 72.0 Å². The van der Waals surface area contributed by atoms with Crippen LogP contribution in [0.1, 0.15) is 112 Å². The highest BCUT2D eigenvalue weighted by Crippen LogP contribution is 2.42. The molecule has 0 spiro atoms. The predicted molar refractivity (Wildman–Crippen MR) is 352 cm³/mol. The Morgan fingerprint density at radius 1 is 0.552 bits per heavy atom. The molecule has 3 heterocycles. The summed E-state index contributed by atoms with van der Waals surface area (Å²) in [6, 6.07) is 3.25. The molecule has 32 heteroatoms. The lowest BCUT2D eigenvalue weighted by molar-refractivity contribution is -0.148. The van der Waals surface area contributed by atoms with E-state index < -0.39 is 151 Å². The van der Waals surface area contributed by atoms with E-state index in [1.165, 1.54) is 9.80 Å². The standard InChI is InChI=1S/C64H95N19O13/c65-42(16-7-21-72-62(66)67)53(87)76-43(17-8-22-73-63(68)69)58(92)81-24-10-20-47(81)59(93)82-32-41(85)30-48(82)55(89)75-31-50(86)79-51(39-25-34-11-1-2-12-35(34)26-39)57(91)78-45(33-84)54(88)80-52(40-27-36-13-3-4-14-37(36)28-40)60(94)83-46-19-6-5-15-38(46)29-49(83)56(90)77-44(61(95)96)18-9-23-74-64(70)71/h1-4,11-14,38-49,51-52,84-85H,5-10,15-33,65H2,(H,75,89)(H,76,87)(H,77,90)(H,78,91)(H,79,86)(H,80,88)(H,95,96)(H4,66,67,72)(H4,68,69,73)(H4,70,71,74)/t38?,41-,42-,43+,44+,45+,46?,47+,48+,49+,51+,52-/m1/s1. The molecule has 3 aliphatic carbocycles. The van der Waals surface area contributed by atoms with Gasteiger partial charge in [-0.05, 0) is 136 Å². The largest absolute Gasteiger partial charge is 0.480 e. The third-order valence-corrected chi connectivity index (χ3v) is 19.3. The van der Waals surface area contributed by atoms with Crippen LogP contribution in [-0.2, 0) is 73.6 Å². The first-order chi connectivity index (χ1) is 45.9. The Labute approximate surface area is 556 Å². The van der Waals surface area contributed by atoms with E-state index in [2.05, 4.69) is 46.9 Å². The van der Waals surface area contributed by atoms with E-state index >= 15 is 4.79 Å². The van der Waals surface area contributed by atoms with E-state index in [4.69, 9.17) is 40.1 Å². The van der Waals surface area contributed by atoms with Gasteiger partial charge in [-0.25, -0.2) is 4.79 Å². The second kappa shape index (κ2) is 34.0. The number of carboxylic acid groups (broad SMARTS) is 1. The Kier molecular flexibility index (Phi) is 25.7. The van der Waals surface area contributed by atoms with Crippen molar-refractivity contribution >= 4 is 77.0 Å². The number of hydrogen-bond donors (Lipinski definition) is 16. The molecule has 2 aromatic carbocycles. The number of aliphatic imine (C=N–C) groups is 3. The Hall–Kier alpha value is -9.17. The number of hydrogen-bond acceptors (Lipinski definition) is 16. The molecule has 4 fully saturated rings. The van der Waals surface area contributed by atoms with E-state index in [-0.39, 0.29) is 108 Å². The number of carbonyl (C=O) groups excluding carboxylic acids is 9. The number of nitrogens with zero attached hydrogens (tertiary/aromatic N) is 6. The maximum atomic E-state index is 15.5. The number of β-amino-alcohol motifs (C(OH)–C–C–N with tert-alkyl or cyclic N) is 1. The number of amides is 9. The molecule has 6 aliphatic rings. The summed E-state index contributed by atoms with van der Waals surface area (Å²) in [6.07, 6.45) is 4.82. The van der Waals surface area contributed by atoms with E-state index in [1.54, 1.807) is 0 Å². The van der Waals surface area contributed by atoms with Crippen LogP contribution in [0.25, 0.3) is 0 Å². The molecule has 23 N–H and O–H groups in total. The molecule has 3 aliphatic heterocycles. The van der Waals surface area contributed by atoms with Crippen LogP contribution in [0.4, 0.5) is 0 Å². The number of nitrogens with two attached hydrogens (primary N) is 7.